The van der Waals surface area contributed by atoms with E-state index in [9.17, 15) is 0 Å². The maximum atomic E-state index is 2.48. The van der Waals surface area contributed by atoms with Gasteiger partial charge in [-0.1, -0.05) is 139 Å². The molecule has 41 heavy (non-hydrogen) atoms. The van der Waals surface area contributed by atoms with E-state index >= 15 is 0 Å². The van der Waals surface area contributed by atoms with Crippen molar-refractivity contribution in [1.29, 1.82) is 0 Å². The average molecular weight is 539 g/mol. The van der Waals surface area contributed by atoms with Crippen LogP contribution < -0.4 is 0 Å². The molecule has 2 aliphatic rings. The largest absolute Gasteiger partial charge is 0.0881 e. The minimum Gasteiger partial charge on any atom is -0.0881 e. The summed E-state index contributed by atoms with van der Waals surface area (Å²) in [5.74, 6) is 0. The highest BCUT2D eigenvalue weighted by atomic mass is 32.2. The van der Waals surface area contributed by atoms with Gasteiger partial charge in [0.2, 0.25) is 0 Å². The molecular weight excluding hydrogens is 513 g/mol. The third-order valence-electron chi connectivity index (χ3n) is 9.32. The summed E-state index contributed by atoms with van der Waals surface area (Å²) in [6, 6.07) is 51.9. The lowest BCUT2D eigenvalue weighted by Crippen LogP contribution is -2.22. The van der Waals surface area contributed by atoms with Gasteiger partial charge < -0.3 is 0 Å². The van der Waals surface area contributed by atoms with E-state index in [2.05, 4.69) is 146 Å². The third-order valence-corrected chi connectivity index (χ3v) is 10.5. The molecule has 0 fully saturated rings. The monoisotopic (exact) mass is 538 g/mol. The standard InChI is InChI=1S/C40H26S/c1-40(28-13-3-2-4-14-28)35-24-27(21-22-31(35)33-23-20-25-10-5-6-15-29(25)38(33)40)30-16-9-18-34-32-17-7-11-26-12-8-19-36(37(26)32)41-39(30)34/h2-24H,1H3. The van der Waals surface area contributed by atoms with Crippen molar-refractivity contribution in [3.8, 4) is 33.4 Å². The lowest BCUT2D eigenvalue weighted by atomic mass is 9.72. The van der Waals surface area contributed by atoms with Crippen molar-refractivity contribution in [3.05, 3.63) is 156 Å². The van der Waals surface area contributed by atoms with Crippen molar-refractivity contribution in [1.82, 2.24) is 0 Å². The summed E-state index contributed by atoms with van der Waals surface area (Å²) in [6.45, 7) is 2.43. The predicted molar refractivity (Wildman–Crippen MR) is 174 cm³/mol. The lowest BCUT2D eigenvalue weighted by molar-refractivity contribution is 0.720. The van der Waals surface area contributed by atoms with Crippen LogP contribution in [0.2, 0.25) is 0 Å². The summed E-state index contributed by atoms with van der Waals surface area (Å²) in [4.78, 5) is 2.69. The van der Waals surface area contributed by atoms with Crippen LogP contribution in [0.1, 0.15) is 23.6 Å². The van der Waals surface area contributed by atoms with Crippen LogP contribution in [0.25, 0.3) is 54.9 Å². The van der Waals surface area contributed by atoms with E-state index in [-0.39, 0.29) is 5.41 Å². The van der Waals surface area contributed by atoms with E-state index in [0.29, 0.717) is 0 Å². The molecule has 1 heterocycles. The lowest BCUT2D eigenvalue weighted by Gasteiger charge is -2.30. The van der Waals surface area contributed by atoms with Crippen molar-refractivity contribution in [3.63, 3.8) is 0 Å². The molecule has 0 aromatic heterocycles. The fourth-order valence-corrected chi connectivity index (χ4v) is 8.69. The zero-order valence-electron chi connectivity index (χ0n) is 22.7. The molecule has 1 heteroatoms. The van der Waals surface area contributed by atoms with Crippen LogP contribution in [0.4, 0.5) is 0 Å². The topological polar surface area (TPSA) is 0 Å². The minimum absolute atomic E-state index is 0.261. The van der Waals surface area contributed by atoms with E-state index in [4.69, 9.17) is 0 Å². The van der Waals surface area contributed by atoms with Crippen LogP contribution in [0.3, 0.4) is 0 Å². The number of rotatable bonds is 2. The Hall–Kier alpha value is -4.59. The van der Waals surface area contributed by atoms with Crippen molar-refractivity contribution >= 4 is 33.3 Å². The summed E-state index contributed by atoms with van der Waals surface area (Å²) in [5.41, 5.74) is 11.8. The molecule has 0 radical (unpaired) electrons. The molecule has 7 aromatic carbocycles. The molecule has 1 aliphatic carbocycles. The van der Waals surface area contributed by atoms with Gasteiger partial charge in [0.1, 0.15) is 0 Å². The Kier molecular flexibility index (Phi) is 4.77. The van der Waals surface area contributed by atoms with Gasteiger partial charge in [-0.2, -0.15) is 0 Å². The van der Waals surface area contributed by atoms with Gasteiger partial charge in [0.15, 0.2) is 0 Å². The molecule has 0 saturated heterocycles. The second-order valence-electron chi connectivity index (χ2n) is 11.4. The first kappa shape index (κ1) is 23.1. The molecule has 0 spiro atoms. The molecule has 1 atom stereocenters. The summed E-state index contributed by atoms with van der Waals surface area (Å²) < 4.78 is 0. The molecule has 0 amide bonds. The molecule has 9 rings (SSSR count). The van der Waals surface area contributed by atoms with Crippen LogP contribution in [-0.2, 0) is 5.41 Å². The number of benzene rings is 7. The fraction of sp³-hybridized carbons (Fsp3) is 0.0500. The fourth-order valence-electron chi connectivity index (χ4n) is 7.41. The summed E-state index contributed by atoms with van der Waals surface area (Å²) in [5, 5.41) is 5.32. The predicted octanol–water partition coefficient (Wildman–Crippen LogP) is 11.1. The first-order valence-electron chi connectivity index (χ1n) is 14.3. The highest BCUT2D eigenvalue weighted by molar-refractivity contribution is 8.00. The number of hydrogen-bond acceptors (Lipinski definition) is 1. The smallest absolute Gasteiger partial charge is 0.0441 e. The second-order valence-corrected chi connectivity index (χ2v) is 12.5. The SMILES string of the molecule is CC1(c2ccccc2)c2cc(-c3cccc4c3Sc3cccc5cccc-4c35)ccc2-c2ccc3ccccc3c21. The molecule has 7 aromatic rings. The van der Waals surface area contributed by atoms with Crippen LogP contribution in [-0.4, -0.2) is 0 Å². The third kappa shape index (κ3) is 3.13. The summed E-state index contributed by atoms with van der Waals surface area (Å²) >= 11 is 1.92. The summed E-state index contributed by atoms with van der Waals surface area (Å²) in [6.07, 6.45) is 0. The minimum atomic E-state index is -0.261. The van der Waals surface area contributed by atoms with E-state index in [1.807, 2.05) is 11.8 Å². The molecule has 0 N–H and O–H groups in total. The van der Waals surface area contributed by atoms with Crippen molar-refractivity contribution < 1.29 is 0 Å². The van der Waals surface area contributed by atoms with Crippen molar-refractivity contribution in [2.45, 2.75) is 22.1 Å². The number of hydrogen-bond donors (Lipinski definition) is 0. The molecular formula is C40H26S. The van der Waals surface area contributed by atoms with E-state index in [1.165, 1.54) is 81.4 Å². The quantitative estimate of drug-likeness (QED) is 0.211. The first-order valence-corrected chi connectivity index (χ1v) is 15.1. The van der Waals surface area contributed by atoms with Gasteiger partial charge in [0.05, 0.1) is 0 Å². The molecule has 0 nitrogen and oxygen atoms in total. The van der Waals surface area contributed by atoms with Gasteiger partial charge in [0.25, 0.3) is 0 Å². The highest BCUT2D eigenvalue weighted by Crippen LogP contribution is 2.56. The van der Waals surface area contributed by atoms with Crippen molar-refractivity contribution in [2.24, 2.45) is 0 Å². The Balaban J connectivity index is 1.30. The van der Waals surface area contributed by atoms with Gasteiger partial charge in [0, 0.05) is 20.6 Å². The zero-order chi connectivity index (χ0) is 27.1. The Morgan fingerprint density at radius 3 is 2.12 bits per heavy atom. The van der Waals surface area contributed by atoms with Gasteiger partial charge in [-0.3, -0.25) is 0 Å². The maximum Gasteiger partial charge on any atom is 0.0441 e. The molecule has 192 valence electrons. The Morgan fingerprint density at radius 1 is 0.512 bits per heavy atom. The number of fused-ring (bicyclic) bond motifs is 7. The van der Waals surface area contributed by atoms with Gasteiger partial charge >= 0.3 is 0 Å². The van der Waals surface area contributed by atoms with Gasteiger partial charge in [-0.05, 0) is 85.3 Å². The molecule has 1 aliphatic heterocycles. The van der Waals surface area contributed by atoms with Crippen LogP contribution in [0.5, 0.6) is 0 Å². The van der Waals surface area contributed by atoms with Crippen LogP contribution in [0.15, 0.2) is 149 Å². The first-order chi connectivity index (χ1) is 20.2. The Labute approximate surface area is 244 Å². The molecule has 1 unspecified atom stereocenters. The van der Waals surface area contributed by atoms with Gasteiger partial charge in [-0.15, -0.1) is 0 Å². The zero-order valence-corrected chi connectivity index (χ0v) is 23.5. The summed E-state index contributed by atoms with van der Waals surface area (Å²) in [7, 11) is 0. The molecule has 0 saturated carbocycles. The Morgan fingerprint density at radius 2 is 1.22 bits per heavy atom. The molecule has 0 bridgehead atoms. The van der Waals surface area contributed by atoms with E-state index < -0.39 is 0 Å². The van der Waals surface area contributed by atoms with Crippen LogP contribution in [0, 0.1) is 0 Å². The second kappa shape index (κ2) is 8.46. The van der Waals surface area contributed by atoms with E-state index in [1.54, 1.807) is 0 Å². The maximum absolute atomic E-state index is 2.48. The van der Waals surface area contributed by atoms with E-state index in [0.717, 1.165) is 0 Å². The average Bonchev–Trinajstić information content (AvgIpc) is 3.30. The highest BCUT2D eigenvalue weighted by Gasteiger charge is 2.42. The van der Waals surface area contributed by atoms with Gasteiger partial charge in [-0.25, -0.2) is 0 Å². The Bertz CT molecular complexity index is 2180. The normalized spacial score (nSPS) is 16.4. The van der Waals surface area contributed by atoms with Crippen molar-refractivity contribution in [2.75, 3.05) is 0 Å². The van der Waals surface area contributed by atoms with Crippen LogP contribution >= 0.6 is 11.8 Å².